The number of amides is 1. The predicted molar refractivity (Wildman–Crippen MR) is 65.9 cm³/mol. The molecule has 1 saturated carbocycles. The minimum Gasteiger partial charge on any atom is -0.481 e. The minimum atomic E-state index is -4.47. The fraction of sp³-hybridized carbons (Fsp3) is 0.846. The van der Waals surface area contributed by atoms with E-state index in [0.29, 0.717) is 17.7 Å². The van der Waals surface area contributed by atoms with Gasteiger partial charge in [-0.3, -0.25) is 9.59 Å². The zero-order valence-electron chi connectivity index (χ0n) is 11.6. The summed E-state index contributed by atoms with van der Waals surface area (Å²) in [4.78, 5) is 24.1. The Hall–Kier alpha value is -1.27. The molecule has 1 N–H and O–H groups in total. The van der Waals surface area contributed by atoms with Gasteiger partial charge in [-0.2, -0.15) is 13.2 Å². The van der Waals surface area contributed by atoms with Gasteiger partial charge in [0.05, 0.1) is 11.8 Å². The van der Waals surface area contributed by atoms with Gasteiger partial charge in [0.25, 0.3) is 0 Å². The summed E-state index contributed by atoms with van der Waals surface area (Å²) in [6, 6.07) is 0. The van der Waals surface area contributed by atoms with Crippen molar-refractivity contribution >= 4 is 11.9 Å². The number of carbonyl (C=O) groups is 2. The normalized spacial score (nSPS) is 26.6. The van der Waals surface area contributed by atoms with Crippen molar-refractivity contribution in [3.63, 3.8) is 0 Å². The van der Waals surface area contributed by atoms with E-state index in [9.17, 15) is 22.8 Å². The molecule has 7 heteroatoms. The molecule has 0 aliphatic heterocycles. The molecule has 1 amide bonds. The van der Waals surface area contributed by atoms with Crippen LogP contribution in [0.3, 0.4) is 0 Å². The van der Waals surface area contributed by atoms with Gasteiger partial charge in [0, 0.05) is 6.54 Å². The summed E-state index contributed by atoms with van der Waals surface area (Å²) in [6.45, 7) is 1.97. The summed E-state index contributed by atoms with van der Waals surface area (Å²) in [5, 5.41) is 9.14. The average molecular weight is 295 g/mol. The quantitative estimate of drug-likeness (QED) is 0.848. The molecule has 0 aromatic heterocycles. The maximum Gasteiger partial charge on any atom is 0.406 e. The molecule has 20 heavy (non-hydrogen) atoms. The van der Waals surface area contributed by atoms with E-state index in [0.717, 1.165) is 6.42 Å². The third-order valence-corrected chi connectivity index (χ3v) is 3.94. The van der Waals surface area contributed by atoms with Crippen molar-refractivity contribution in [2.75, 3.05) is 13.1 Å². The van der Waals surface area contributed by atoms with Gasteiger partial charge < -0.3 is 10.0 Å². The summed E-state index contributed by atoms with van der Waals surface area (Å²) in [5.41, 5.74) is 0. The Labute approximate surface area is 115 Å². The van der Waals surface area contributed by atoms with Gasteiger partial charge in [0.2, 0.25) is 5.91 Å². The summed E-state index contributed by atoms with van der Waals surface area (Å²) in [6.07, 6.45) is -3.00. The first kappa shape index (κ1) is 16.8. The first-order valence-electron chi connectivity index (χ1n) is 6.77. The molecule has 0 aromatic carbocycles. The lowest BCUT2D eigenvalue weighted by Gasteiger charge is -2.27. The summed E-state index contributed by atoms with van der Waals surface area (Å²) < 4.78 is 37.3. The Bertz CT molecular complexity index is 370. The maximum absolute atomic E-state index is 12.4. The van der Waals surface area contributed by atoms with Crippen molar-refractivity contribution in [1.29, 1.82) is 0 Å². The molecule has 0 radical (unpaired) electrons. The molecular weight excluding hydrogens is 275 g/mol. The van der Waals surface area contributed by atoms with Gasteiger partial charge in [-0.25, -0.2) is 0 Å². The van der Waals surface area contributed by atoms with Crippen LogP contribution >= 0.6 is 0 Å². The third-order valence-electron chi connectivity index (χ3n) is 3.94. The standard InChI is InChI=1S/C13H20F3NO3/c1-3-8-5-9(10(6-8)12(19)20)11(18)17(4-2)7-13(14,15)16/h8-10H,3-7H2,1-2H3,(H,19,20). The van der Waals surface area contributed by atoms with E-state index in [1.54, 1.807) is 0 Å². The van der Waals surface area contributed by atoms with E-state index in [1.165, 1.54) is 6.92 Å². The molecular formula is C13H20F3NO3. The monoisotopic (exact) mass is 295 g/mol. The molecule has 1 aliphatic rings. The van der Waals surface area contributed by atoms with Crippen molar-refractivity contribution < 1.29 is 27.9 Å². The highest BCUT2D eigenvalue weighted by atomic mass is 19.4. The van der Waals surface area contributed by atoms with Gasteiger partial charge in [-0.05, 0) is 25.7 Å². The molecule has 0 bridgehead atoms. The first-order chi connectivity index (χ1) is 9.19. The fourth-order valence-electron chi connectivity index (χ4n) is 2.82. The van der Waals surface area contributed by atoms with Gasteiger partial charge in [-0.15, -0.1) is 0 Å². The number of carboxylic acids is 1. The molecule has 3 unspecified atom stereocenters. The number of halogens is 3. The first-order valence-corrected chi connectivity index (χ1v) is 6.77. The van der Waals surface area contributed by atoms with E-state index in [2.05, 4.69) is 0 Å². The number of carbonyl (C=O) groups excluding carboxylic acids is 1. The molecule has 1 rings (SSSR count). The van der Waals surface area contributed by atoms with Crippen LogP contribution in [-0.4, -0.2) is 41.1 Å². The SMILES string of the molecule is CCC1CC(C(=O)O)C(C(=O)N(CC)CC(F)(F)F)C1. The minimum absolute atomic E-state index is 0.0715. The van der Waals surface area contributed by atoms with Crippen molar-refractivity contribution in [2.45, 2.75) is 39.3 Å². The number of hydrogen-bond donors (Lipinski definition) is 1. The van der Waals surface area contributed by atoms with Crippen molar-refractivity contribution in [3.8, 4) is 0 Å². The second kappa shape index (κ2) is 6.45. The van der Waals surface area contributed by atoms with Crippen LogP contribution in [0.15, 0.2) is 0 Å². The Kier molecular flexibility index (Phi) is 5.42. The Balaban J connectivity index is 2.84. The van der Waals surface area contributed by atoms with Crippen LogP contribution in [0, 0.1) is 17.8 Å². The van der Waals surface area contributed by atoms with Gasteiger partial charge in [0.1, 0.15) is 6.54 Å². The highest BCUT2D eigenvalue weighted by Crippen LogP contribution is 2.39. The summed E-state index contributed by atoms with van der Waals surface area (Å²) >= 11 is 0. The molecule has 0 saturated heterocycles. The number of rotatable bonds is 5. The predicted octanol–water partition coefficient (Wildman–Crippen LogP) is 2.53. The van der Waals surface area contributed by atoms with Crippen LogP contribution in [-0.2, 0) is 9.59 Å². The zero-order valence-corrected chi connectivity index (χ0v) is 11.6. The molecule has 1 aliphatic carbocycles. The van der Waals surface area contributed by atoms with Gasteiger partial charge in [-0.1, -0.05) is 13.3 Å². The van der Waals surface area contributed by atoms with Crippen LogP contribution in [0.5, 0.6) is 0 Å². The van der Waals surface area contributed by atoms with E-state index in [1.807, 2.05) is 6.92 Å². The van der Waals surface area contributed by atoms with Gasteiger partial charge >= 0.3 is 12.1 Å². The third kappa shape index (κ3) is 4.11. The molecule has 0 heterocycles. The molecule has 0 spiro atoms. The lowest BCUT2D eigenvalue weighted by molar-refractivity contribution is -0.165. The Morgan fingerprint density at radius 2 is 1.75 bits per heavy atom. The Morgan fingerprint density at radius 1 is 1.20 bits per heavy atom. The Morgan fingerprint density at radius 3 is 2.15 bits per heavy atom. The van der Waals surface area contributed by atoms with E-state index < -0.39 is 36.4 Å². The highest BCUT2D eigenvalue weighted by molar-refractivity contribution is 5.85. The zero-order chi connectivity index (χ0) is 15.5. The molecule has 0 aromatic rings. The maximum atomic E-state index is 12.4. The summed E-state index contributed by atoms with van der Waals surface area (Å²) in [7, 11) is 0. The van der Waals surface area contributed by atoms with E-state index in [-0.39, 0.29) is 12.5 Å². The number of alkyl halides is 3. The van der Waals surface area contributed by atoms with Crippen molar-refractivity contribution in [2.24, 2.45) is 17.8 Å². The lowest BCUT2D eigenvalue weighted by atomic mass is 9.94. The van der Waals surface area contributed by atoms with E-state index in [4.69, 9.17) is 5.11 Å². The second-order valence-electron chi connectivity index (χ2n) is 5.26. The lowest BCUT2D eigenvalue weighted by Crippen LogP contribution is -2.43. The average Bonchev–Trinajstić information content (AvgIpc) is 2.78. The summed E-state index contributed by atoms with van der Waals surface area (Å²) in [5.74, 6) is -3.39. The van der Waals surface area contributed by atoms with Gasteiger partial charge in [0.15, 0.2) is 0 Å². The number of carboxylic acid groups (broad SMARTS) is 1. The van der Waals surface area contributed by atoms with Crippen LogP contribution < -0.4 is 0 Å². The largest absolute Gasteiger partial charge is 0.481 e. The molecule has 3 atom stereocenters. The molecule has 116 valence electrons. The highest BCUT2D eigenvalue weighted by Gasteiger charge is 2.45. The second-order valence-corrected chi connectivity index (χ2v) is 5.26. The van der Waals surface area contributed by atoms with Crippen LogP contribution in [0.2, 0.25) is 0 Å². The molecule has 1 fully saturated rings. The number of nitrogens with zero attached hydrogens (tertiary/aromatic N) is 1. The van der Waals surface area contributed by atoms with Crippen molar-refractivity contribution in [3.05, 3.63) is 0 Å². The van der Waals surface area contributed by atoms with Crippen LogP contribution in [0.25, 0.3) is 0 Å². The molecule has 4 nitrogen and oxygen atoms in total. The van der Waals surface area contributed by atoms with Crippen LogP contribution in [0.1, 0.15) is 33.1 Å². The fourth-order valence-corrected chi connectivity index (χ4v) is 2.82. The van der Waals surface area contributed by atoms with Crippen LogP contribution in [0.4, 0.5) is 13.2 Å². The smallest absolute Gasteiger partial charge is 0.406 e. The van der Waals surface area contributed by atoms with E-state index >= 15 is 0 Å². The topological polar surface area (TPSA) is 57.6 Å². The number of aliphatic carboxylic acids is 1. The number of hydrogen-bond acceptors (Lipinski definition) is 2. The van der Waals surface area contributed by atoms with Crippen molar-refractivity contribution in [1.82, 2.24) is 4.90 Å².